The van der Waals surface area contributed by atoms with Gasteiger partial charge in [0.1, 0.15) is 11.6 Å². The second kappa shape index (κ2) is 5.50. The van der Waals surface area contributed by atoms with Crippen molar-refractivity contribution in [2.45, 2.75) is 38.9 Å². The van der Waals surface area contributed by atoms with Crippen LogP contribution in [0.2, 0.25) is 0 Å². The Balaban J connectivity index is 2.23. The summed E-state index contributed by atoms with van der Waals surface area (Å²) in [7, 11) is 1.56. The van der Waals surface area contributed by atoms with Crippen LogP contribution in [0, 0.1) is 11.8 Å². The van der Waals surface area contributed by atoms with Gasteiger partial charge in [-0.1, -0.05) is 13.8 Å². The number of hydrogen-bond donors (Lipinski definition) is 2. The summed E-state index contributed by atoms with van der Waals surface area (Å²) >= 11 is 0. The molecule has 1 fully saturated rings. The van der Waals surface area contributed by atoms with Crippen molar-refractivity contribution in [3.63, 3.8) is 0 Å². The first-order valence-corrected chi connectivity index (χ1v) is 6.85. The summed E-state index contributed by atoms with van der Waals surface area (Å²) < 4.78 is 38.6. The third kappa shape index (κ3) is 3.16. The van der Waals surface area contributed by atoms with E-state index in [1.807, 2.05) is 0 Å². The predicted octanol–water partition coefficient (Wildman–Crippen LogP) is 3.99. The molecule has 0 aromatic carbocycles. The van der Waals surface area contributed by atoms with Gasteiger partial charge in [-0.25, -0.2) is 4.98 Å². The molecule has 0 bridgehead atoms. The first-order valence-electron chi connectivity index (χ1n) is 6.85. The topological polar surface area (TPSA) is 37.0 Å². The molecular weight excluding hydrogens is 267 g/mol. The predicted molar refractivity (Wildman–Crippen MR) is 73.8 cm³/mol. The monoisotopic (exact) mass is 287 g/mol. The highest BCUT2D eigenvalue weighted by atomic mass is 19.4. The molecule has 0 spiro atoms. The minimum Gasteiger partial charge on any atom is -0.373 e. The lowest BCUT2D eigenvalue weighted by Gasteiger charge is -2.21. The molecule has 1 aromatic rings. The average Bonchev–Trinajstić information content (AvgIpc) is 2.69. The van der Waals surface area contributed by atoms with Crippen molar-refractivity contribution in [3.8, 4) is 0 Å². The van der Waals surface area contributed by atoms with E-state index in [0.29, 0.717) is 11.8 Å². The highest BCUT2D eigenvalue weighted by molar-refractivity contribution is 5.50. The quantitative estimate of drug-likeness (QED) is 0.882. The summed E-state index contributed by atoms with van der Waals surface area (Å²) in [5.74, 6) is 1.53. The third-order valence-corrected chi connectivity index (χ3v) is 4.21. The molecule has 3 nitrogen and oxygen atoms in total. The van der Waals surface area contributed by atoms with Crippen molar-refractivity contribution in [1.29, 1.82) is 0 Å². The van der Waals surface area contributed by atoms with E-state index >= 15 is 0 Å². The van der Waals surface area contributed by atoms with Gasteiger partial charge in [0.05, 0.1) is 5.56 Å². The fourth-order valence-corrected chi connectivity index (χ4v) is 2.65. The molecule has 2 N–H and O–H groups in total. The number of nitrogens with one attached hydrogen (secondary N) is 2. The van der Waals surface area contributed by atoms with Crippen molar-refractivity contribution in [1.82, 2.24) is 4.98 Å². The normalized spacial score (nSPS) is 26.6. The Morgan fingerprint density at radius 1 is 1.15 bits per heavy atom. The Labute approximate surface area is 117 Å². The zero-order valence-electron chi connectivity index (χ0n) is 11.9. The first-order chi connectivity index (χ1) is 9.31. The Morgan fingerprint density at radius 2 is 1.80 bits per heavy atom. The van der Waals surface area contributed by atoms with E-state index in [0.717, 1.165) is 25.0 Å². The number of nitrogens with zero attached hydrogens (tertiary/aromatic N) is 1. The molecule has 3 atom stereocenters. The van der Waals surface area contributed by atoms with Crippen LogP contribution in [-0.2, 0) is 6.18 Å². The van der Waals surface area contributed by atoms with Crippen LogP contribution in [0.4, 0.5) is 24.8 Å². The maximum Gasteiger partial charge on any atom is 0.416 e. The zero-order chi connectivity index (χ0) is 14.9. The summed E-state index contributed by atoms with van der Waals surface area (Å²) in [6, 6.07) is 2.29. The van der Waals surface area contributed by atoms with Crippen molar-refractivity contribution in [2.75, 3.05) is 17.7 Å². The number of aromatic nitrogens is 1. The lowest BCUT2D eigenvalue weighted by atomic mass is 9.98. The van der Waals surface area contributed by atoms with Crippen LogP contribution >= 0.6 is 0 Å². The highest BCUT2D eigenvalue weighted by Gasteiger charge is 2.33. The summed E-state index contributed by atoms with van der Waals surface area (Å²) in [4.78, 5) is 4.17. The summed E-state index contributed by atoms with van der Waals surface area (Å²) in [5, 5.41) is 5.83. The van der Waals surface area contributed by atoms with Crippen LogP contribution in [0.5, 0.6) is 0 Å². The van der Waals surface area contributed by atoms with E-state index in [9.17, 15) is 13.2 Å². The highest BCUT2D eigenvalue weighted by Crippen LogP contribution is 2.35. The summed E-state index contributed by atoms with van der Waals surface area (Å²) in [5.41, 5.74) is -0.682. The van der Waals surface area contributed by atoms with Gasteiger partial charge in [0.25, 0.3) is 0 Å². The molecule has 1 aliphatic rings. The van der Waals surface area contributed by atoms with Crippen LogP contribution in [0.3, 0.4) is 0 Å². The molecule has 6 heteroatoms. The minimum absolute atomic E-state index is 0.186. The van der Waals surface area contributed by atoms with Gasteiger partial charge in [-0.3, -0.25) is 0 Å². The largest absolute Gasteiger partial charge is 0.416 e. The van der Waals surface area contributed by atoms with Crippen LogP contribution in [0.1, 0.15) is 32.3 Å². The maximum atomic E-state index is 12.9. The second-order valence-electron chi connectivity index (χ2n) is 5.54. The Bertz CT molecular complexity index is 473. The molecule has 1 aromatic heterocycles. The number of pyridine rings is 1. The van der Waals surface area contributed by atoms with E-state index < -0.39 is 11.7 Å². The average molecular weight is 287 g/mol. The Kier molecular flexibility index (Phi) is 4.11. The maximum absolute atomic E-state index is 12.9. The van der Waals surface area contributed by atoms with Gasteiger partial charge < -0.3 is 10.6 Å². The van der Waals surface area contributed by atoms with E-state index in [4.69, 9.17) is 0 Å². The Hall–Kier alpha value is -1.46. The van der Waals surface area contributed by atoms with Gasteiger partial charge in [-0.2, -0.15) is 13.2 Å². The van der Waals surface area contributed by atoms with E-state index in [1.165, 1.54) is 0 Å². The van der Waals surface area contributed by atoms with Gasteiger partial charge in [-0.05, 0) is 36.8 Å². The molecule has 20 heavy (non-hydrogen) atoms. The van der Waals surface area contributed by atoms with Crippen LogP contribution in [0.15, 0.2) is 12.1 Å². The van der Waals surface area contributed by atoms with Crippen molar-refractivity contribution < 1.29 is 13.2 Å². The van der Waals surface area contributed by atoms with Crippen LogP contribution in [-0.4, -0.2) is 18.1 Å². The van der Waals surface area contributed by atoms with Gasteiger partial charge in [0, 0.05) is 13.1 Å². The van der Waals surface area contributed by atoms with Gasteiger partial charge in [0.2, 0.25) is 0 Å². The van der Waals surface area contributed by atoms with E-state index in [1.54, 1.807) is 7.05 Å². The molecule has 0 aliphatic heterocycles. The van der Waals surface area contributed by atoms with Crippen LogP contribution < -0.4 is 10.6 Å². The molecule has 0 radical (unpaired) electrons. The lowest BCUT2D eigenvalue weighted by Crippen LogP contribution is -2.25. The van der Waals surface area contributed by atoms with Crippen molar-refractivity contribution in [3.05, 3.63) is 17.7 Å². The molecule has 0 amide bonds. The van der Waals surface area contributed by atoms with E-state index in [-0.39, 0.29) is 17.7 Å². The zero-order valence-corrected chi connectivity index (χ0v) is 11.9. The standard InChI is InChI=1S/C14H20F3N3/c1-8-4-5-11(9(8)2)19-13-7-10(14(15,16)17)6-12(18-3)20-13/h6-9,11H,4-5H2,1-3H3,(H2,18,19,20). The Morgan fingerprint density at radius 3 is 2.30 bits per heavy atom. The van der Waals surface area contributed by atoms with Crippen molar-refractivity contribution in [2.24, 2.45) is 11.8 Å². The smallest absolute Gasteiger partial charge is 0.373 e. The van der Waals surface area contributed by atoms with Gasteiger partial charge >= 0.3 is 6.18 Å². The first kappa shape index (κ1) is 14.9. The number of hydrogen-bond acceptors (Lipinski definition) is 3. The summed E-state index contributed by atoms with van der Waals surface area (Å²) in [6.45, 7) is 4.30. The minimum atomic E-state index is -4.36. The molecule has 112 valence electrons. The second-order valence-corrected chi connectivity index (χ2v) is 5.54. The molecule has 1 saturated carbocycles. The van der Waals surface area contributed by atoms with Gasteiger partial charge in [-0.15, -0.1) is 0 Å². The molecule has 1 aliphatic carbocycles. The fraction of sp³-hybridized carbons (Fsp3) is 0.643. The fourth-order valence-electron chi connectivity index (χ4n) is 2.65. The molecule has 2 rings (SSSR count). The molecular formula is C14H20F3N3. The number of rotatable bonds is 3. The number of anilines is 2. The SMILES string of the molecule is CNc1cc(C(F)(F)F)cc(NC2CCC(C)C2C)n1. The number of alkyl halides is 3. The molecule has 0 saturated heterocycles. The summed E-state index contributed by atoms with van der Waals surface area (Å²) in [6.07, 6.45) is -2.30. The number of halogens is 3. The van der Waals surface area contributed by atoms with E-state index in [2.05, 4.69) is 29.5 Å². The van der Waals surface area contributed by atoms with Crippen molar-refractivity contribution >= 4 is 11.6 Å². The third-order valence-electron chi connectivity index (χ3n) is 4.21. The molecule has 1 heterocycles. The molecule has 3 unspecified atom stereocenters. The van der Waals surface area contributed by atoms with Gasteiger partial charge in [0.15, 0.2) is 0 Å². The van der Waals surface area contributed by atoms with Crippen LogP contribution in [0.25, 0.3) is 0 Å². The lowest BCUT2D eigenvalue weighted by molar-refractivity contribution is -0.137.